The molecular weight excluding hydrogens is 493 g/mol. The number of nitrogens with one attached hydrogen (secondary N) is 2. The fraction of sp³-hybridized carbons (Fsp3) is 0.238. The van der Waals surface area contributed by atoms with Crippen LogP contribution in [0.3, 0.4) is 0 Å². The molecule has 1 aromatic heterocycles. The van der Waals surface area contributed by atoms with Crippen molar-refractivity contribution in [1.29, 1.82) is 0 Å². The number of thioether (sulfide) groups is 1. The van der Waals surface area contributed by atoms with Crippen LogP contribution in [0.15, 0.2) is 41.6 Å². The topological polar surface area (TPSA) is 88.9 Å². The third-order valence-corrected chi connectivity index (χ3v) is 6.78. The number of hydrogen-bond donors (Lipinski definition) is 2. The number of nitrogens with zero attached hydrogens (tertiary/aromatic N) is 3. The van der Waals surface area contributed by atoms with Crippen LogP contribution in [0, 0.1) is 6.92 Å². The van der Waals surface area contributed by atoms with Gasteiger partial charge in [-0.25, -0.2) is 0 Å². The Morgan fingerprint density at radius 3 is 2.59 bits per heavy atom. The molecule has 0 aliphatic heterocycles. The molecule has 11 heteroatoms. The maximum atomic E-state index is 12.3. The Hall–Kier alpha value is -2.26. The lowest BCUT2D eigenvalue weighted by Crippen LogP contribution is -2.26. The molecule has 7 nitrogen and oxygen atoms in total. The Kier molecular flexibility index (Phi) is 8.42. The number of hydrogen-bond acceptors (Lipinski definition) is 5. The molecule has 0 radical (unpaired) electrons. The van der Waals surface area contributed by atoms with Gasteiger partial charge in [0, 0.05) is 36.3 Å². The van der Waals surface area contributed by atoms with Gasteiger partial charge < -0.3 is 15.2 Å². The van der Waals surface area contributed by atoms with Gasteiger partial charge in [0.05, 0.1) is 15.8 Å². The standard InChI is InChI=1S/C21H20Cl3N5O2S/c1-12-14(22)4-3-5-17(12)26-19(30)11-32-21-28-27-18(29(21)2)8-9-25-20(31)13-6-7-15(23)16(24)10-13/h3-7,10H,8-9,11H2,1-2H3,(H,25,31)(H,26,30). The third-order valence-electron chi connectivity index (χ3n) is 4.62. The number of carbonyl (C=O) groups is 2. The van der Waals surface area contributed by atoms with Crippen LogP contribution in [0.1, 0.15) is 21.7 Å². The molecule has 0 saturated carbocycles. The van der Waals surface area contributed by atoms with E-state index in [1.54, 1.807) is 34.9 Å². The molecule has 32 heavy (non-hydrogen) atoms. The Balaban J connectivity index is 1.49. The van der Waals surface area contributed by atoms with Gasteiger partial charge >= 0.3 is 0 Å². The smallest absolute Gasteiger partial charge is 0.251 e. The molecule has 3 rings (SSSR count). The molecule has 0 atom stereocenters. The fourth-order valence-electron chi connectivity index (χ4n) is 2.77. The largest absolute Gasteiger partial charge is 0.352 e. The monoisotopic (exact) mass is 511 g/mol. The summed E-state index contributed by atoms with van der Waals surface area (Å²) < 4.78 is 1.80. The Morgan fingerprint density at radius 1 is 1.06 bits per heavy atom. The van der Waals surface area contributed by atoms with Gasteiger partial charge in [-0.05, 0) is 42.8 Å². The van der Waals surface area contributed by atoms with Gasteiger partial charge in [-0.3, -0.25) is 9.59 Å². The van der Waals surface area contributed by atoms with Crippen LogP contribution in [-0.2, 0) is 18.3 Å². The third kappa shape index (κ3) is 6.16. The molecule has 2 N–H and O–H groups in total. The van der Waals surface area contributed by atoms with Crippen LogP contribution >= 0.6 is 46.6 Å². The minimum absolute atomic E-state index is 0.168. The predicted molar refractivity (Wildman–Crippen MR) is 129 cm³/mol. The van der Waals surface area contributed by atoms with E-state index in [9.17, 15) is 9.59 Å². The van der Waals surface area contributed by atoms with Gasteiger partial charge in [0.2, 0.25) is 5.91 Å². The molecule has 2 aromatic carbocycles. The minimum Gasteiger partial charge on any atom is -0.352 e. The van der Waals surface area contributed by atoms with E-state index >= 15 is 0 Å². The van der Waals surface area contributed by atoms with E-state index in [-0.39, 0.29) is 17.6 Å². The molecule has 0 aliphatic carbocycles. The maximum Gasteiger partial charge on any atom is 0.251 e. The highest BCUT2D eigenvalue weighted by Crippen LogP contribution is 2.24. The molecule has 0 saturated heterocycles. The van der Waals surface area contributed by atoms with Crippen LogP contribution in [0.5, 0.6) is 0 Å². The van der Waals surface area contributed by atoms with E-state index in [1.165, 1.54) is 17.8 Å². The molecule has 1 heterocycles. The number of aromatic nitrogens is 3. The van der Waals surface area contributed by atoms with Gasteiger partial charge in [-0.1, -0.05) is 52.6 Å². The van der Waals surface area contributed by atoms with E-state index in [0.29, 0.717) is 50.3 Å². The zero-order valence-corrected chi connectivity index (χ0v) is 20.4. The zero-order valence-electron chi connectivity index (χ0n) is 17.3. The minimum atomic E-state index is -0.256. The lowest BCUT2D eigenvalue weighted by atomic mass is 10.2. The molecule has 0 fully saturated rings. The molecule has 2 amide bonds. The molecule has 0 aliphatic rings. The van der Waals surface area contributed by atoms with Crippen molar-refractivity contribution in [3.63, 3.8) is 0 Å². The summed E-state index contributed by atoms with van der Waals surface area (Å²) in [6.45, 7) is 2.21. The Labute approximate surface area is 204 Å². The summed E-state index contributed by atoms with van der Waals surface area (Å²) in [7, 11) is 1.82. The summed E-state index contributed by atoms with van der Waals surface area (Å²) in [5, 5.41) is 15.9. The van der Waals surface area contributed by atoms with Gasteiger partial charge in [-0.15, -0.1) is 10.2 Å². The van der Waals surface area contributed by atoms with Crippen LogP contribution in [-0.4, -0.2) is 38.9 Å². The van der Waals surface area contributed by atoms with Crippen molar-refractivity contribution in [2.75, 3.05) is 17.6 Å². The van der Waals surface area contributed by atoms with Gasteiger partial charge in [0.1, 0.15) is 5.82 Å². The molecule has 0 bridgehead atoms. The first-order chi connectivity index (χ1) is 15.3. The maximum absolute atomic E-state index is 12.3. The van der Waals surface area contributed by atoms with Crippen LogP contribution in [0.25, 0.3) is 0 Å². The molecular formula is C21H20Cl3N5O2S. The van der Waals surface area contributed by atoms with E-state index in [1.807, 2.05) is 14.0 Å². The highest BCUT2D eigenvalue weighted by molar-refractivity contribution is 7.99. The van der Waals surface area contributed by atoms with E-state index in [2.05, 4.69) is 20.8 Å². The first-order valence-electron chi connectivity index (χ1n) is 9.55. The Morgan fingerprint density at radius 2 is 1.84 bits per heavy atom. The van der Waals surface area contributed by atoms with E-state index in [4.69, 9.17) is 34.8 Å². The van der Waals surface area contributed by atoms with Gasteiger partial charge in [0.25, 0.3) is 5.91 Å². The molecule has 0 spiro atoms. The molecule has 168 valence electrons. The second-order valence-corrected chi connectivity index (χ2v) is 9.01. The Bertz CT molecular complexity index is 1150. The number of anilines is 1. The normalized spacial score (nSPS) is 10.8. The van der Waals surface area contributed by atoms with Crippen molar-refractivity contribution in [2.24, 2.45) is 7.05 Å². The average Bonchev–Trinajstić information content (AvgIpc) is 3.11. The van der Waals surface area contributed by atoms with Crippen LogP contribution in [0.2, 0.25) is 15.1 Å². The summed E-state index contributed by atoms with van der Waals surface area (Å²) in [6.07, 6.45) is 0.477. The van der Waals surface area contributed by atoms with Gasteiger partial charge in [0.15, 0.2) is 5.16 Å². The highest BCUT2D eigenvalue weighted by atomic mass is 35.5. The van der Waals surface area contributed by atoms with Crippen molar-refractivity contribution >= 4 is 64.1 Å². The lowest BCUT2D eigenvalue weighted by Gasteiger charge is -2.09. The van der Waals surface area contributed by atoms with E-state index < -0.39 is 0 Å². The number of benzene rings is 2. The number of halogens is 3. The second-order valence-electron chi connectivity index (χ2n) is 6.84. The second kappa shape index (κ2) is 11.0. The van der Waals surface area contributed by atoms with Crippen LogP contribution in [0.4, 0.5) is 5.69 Å². The predicted octanol–water partition coefficient (Wildman–Crippen LogP) is 4.79. The SMILES string of the molecule is Cc1c(Cl)cccc1NC(=O)CSc1nnc(CCNC(=O)c2ccc(Cl)c(Cl)c2)n1C. The fourth-order valence-corrected chi connectivity index (χ4v) is 3.98. The summed E-state index contributed by atoms with van der Waals surface area (Å²) in [4.78, 5) is 24.5. The summed E-state index contributed by atoms with van der Waals surface area (Å²) in [5.74, 6) is 0.437. The van der Waals surface area contributed by atoms with E-state index in [0.717, 1.165) is 5.56 Å². The first-order valence-corrected chi connectivity index (χ1v) is 11.7. The number of amides is 2. The zero-order chi connectivity index (χ0) is 23.3. The van der Waals surface area contributed by atoms with Crippen molar-refractivity contribution < 1.29 is 9.59 Å². The number of rotatable bonds is 8. The number of carbonyl (C=O) groups excluding carboxylic acids is 2. The highest BCUT2D eigenvalue weighted by Gasteiger charge is 2.14. The van der Waals surface area contributed by atoms with Crippen molar-refractivity contribution in [3.05, 3.63) is 68.4 Å². The first kappa shape index (κ1) is 24.4. The summed E-state index contributed by atoms with van der Waals surface area (Å²) >= 11 is 19.2. The van der Waals surface area contributed by atoms with Crippen molar-refractivity contribution in [3.8, 4) is 0 Å². The average molecular weight is 513 g/mol. The molecule has 3 aromatic rings. The van der Waals surface area contributed by atoms with Crippen molar-refractivity contribution in [2.45, 2.75) is 18.5 Å². The molecule has 0 unspecified atom stereocenters. The van der Waals surface area contributed by atoms with Gasteiger partial charge in [-0.2, -0.15) is 0 Å². The quantitative estimate of drug-likeness (QED) is 0.424. The van der Waals surface area contributed by atoms with Crippen LogP contribution < -0.4 is 10.6 Å². The summed E-state index contributed by atoms with van der Waals surface area (Å²) in [5.41, 5.74) is 1.92. The summed E-state index contributed by atoms with van der Waals surface area (Å²) in [6, 6.07) is 10.1. The van der Waals surface area contributed by atoms with Crippen molar-refractivity contribution in [1.82, 2.24) is 20.1 Å². The lowest BCUT2D eigenvalue weighted by molar-refractivity contribution is -0.113.